The Labute approximate surface area is 70.6 Å². The summed E-state index contributed by atoms with van der Waals surface area (Å²) in [5, 5.41) is 4.06. The lowest BCUT2D eigenvalue weighted by atomic mass is 10.2. The van der Waals surface area contributed by atoms with Gasteiger partial charge in [0.25, 0.3) is 0 Å². The molecule has 1 aromatic rings. The molecule has 1 fully saturated rings. The molecular formula is C8H12N2S. The second-order valence-electron chi connectivity index (χ2n) is 2.91. The van der Waals surface area contributed by atoms with Gasteiger partial charge in [0.2, 0.25) is 0 Å². The van der Waals surface area contributed by atoms with Crippen LogP contribution in [-0.2, 0) is 0 Å². The molecule has 2 nitrogen and oxygen atoms in total. The van der Waals surface area contributed by atoms with Crippen molar-refractivity contribution in [3.63, 3.8) is 0 Å². The van der Waals surface area contributed by atoms with E-state index in [4.69, 9.17) is 5.84 Å². The fourth-order valence-corrected chi connectivity index (χ4v) is 2.46. The van der Waals surface area contributed by atoms with Crippen LogP contribution in [0.5, 0.6) is 0 Å². The maximum atomic E-state index is 5.81. The van der Waals surface area contributed by atoms with Crippen molar-refractivity contribution in [1.82, 2.24) is 5.01 Å². The molecule has 11 heavy (non-hydrogen) atoms. The third kappa shape index (κ3) is 1.31. The number of hydrogen-bond acceptors (Lipinski definition) is 3. The van der Waals surface area contributed by atoms with E-state index in [2.05, 4.69) is 17.5 Å². The van der Waals surface area contributed by atoms with Crippen molar-refractivity contribution in [1.29, 1.82) is 0 Å². The zero-order chi connectivity index (χ0) is 7.68. The molecule has 1 aliphatic heterocycles. The quantitative estimate of drug-likeness (QED) is 0.647. The lowest BCUT2D eigenvalue weighted by Gasteiger charge is -2.16. The van der Waals surface area contributed by atoms with E-state index in [0.717, 1.165) is 6.54 Å². The first-order valence-corrected chi connectivity index (χ1v) is 4.80. The van der Waals surface area contributed by atoms with Gasteiger partial charge in [-0.25, -0.2) is 5.01 Å². The fourth-order valence-electron chi connectivity index (χ4n) is 1.58. The number of hydrazine groups is 1. The second-order valence-corrected chi connectivity index (χ2v) is 3.89. The first-order valence-electron chi connectivity index (χ1n) is 3.92. The number of nitrogens with two attached hydrogens (primary N) is 1. The summed E-state index contributed by atoms with van der Waals surface area (Å²) >= 11 is 1.80. The highest BCUT2D eigenvalue weighted by Crippen LogP contribution is 2.31. The molecule has 60 valence electrons. The highest BCUT2D eigenvalue weighted by Gasteiger charge is 2.23. The molecule has 0 aliphatic carbocycles. The maximum absolute atomic E-state index is 5.81. The van der Waals surface area contributed by atoms with Gasteiger partial charge in [0.1, 0.15) is 0 Å². The maximum Gasteiger partial charge on any atom is 0.0584 e. The minimum Gasteiger partial charge on any atom is -0.268 e. The Bertz CT molecular complexity index is 220. The molecule has 0 saturated carbocycles. The van der Waals surface area contributed by atoms with Gasteiger partial charge >= 0.3 is 0 Å². The van der Waals surface area contributed by atoms with Gasteiger partial charge in [-0.3, -0.25) is 5.84 Å². The molecule has 1 atom stereocenters. The van der Waals surface area contributed by atoms with E-state index in [-0.39, 0.29) is 0 Å². The van der Waals surface area contributed by atoms with Crippen LogP contribution in [0.3, 0.4) is 0 Å². The Hall–Kier alpha value is -0.380. The second kappa shape index (κ2) is 2.93. The zero-order valence-electron chi connectivity index (χ0n) is 6.36. The van der Waals surface area contributed by atoms with Gasteiger partial charge in [-0.05, 0) is 24.3 Å². The van der Waals surface area contributed by atoms with Crippen molar-refractivity contribution in [2.75, 3.05) is 6.54 Å². The van der Waals surface area contributed by atoms with Crippen LogP contribution in [0.15, 0.2) is 17.5 Å². The van der Waals surface area contributed by atoms with Gasteiger partial charge in [0, 0.05) is 11.4 Å². The van der Waals surface area contributed by atoms with Crippen molar-refractivity contribution in [3.05, 3.63) is 22.4 Å². The first-order chi connectivity index (χ1) is 5.38. The van der Waals surface area contributed by atoms with Crippen LogP contribution >= 0.6 is 11.3 Å². The van der Waals surface area contributed by atoms with Crippen LogP contribution in [0, 0.1) is 0 Å². The Kier molecular flexibility index (Phi) is 1.94. The van der Waals surface area contributed by atoms with Crippen molar-refractivity contribution in [3.8, 4) is 0 Å². The topological polar surface area (TPSA) is 29.3 Å². The van der Waals surface area contributed by atoms with E-state index in [1.807, 2.05) is 5.01 Å². The number of nitrogens with zero attached hydrogens (tertiary/aromatic N) is 1. The Morgan fingerprint density at radius 2 is 2.55 bits per heavy atom. The van der Waals surface area contributed by atoms with Crippen LogP contribution in [0.1, 0.15) is 23.8 Å². The molecule has 0 bridgehead atoms. The minimum absolute atomic E-state index is 0.495. The molecular weight excluding hydrogens is 156 g/mol. The third-order valence-corrected chi connectivity index (χ3v) is 3.14. The summed E-state index contributed by atoms with van der Waals surface area (Å²) in [4.78, 5) is 1.41. The van der Waals surface area contributed by atoms with E-state index < -0.39 is 0 Å². The van der Waals surface area contributed by atoms with Crippen LogP contribution in [0.2, 0.25) is 0 Å². The van der Waals surface area contributed by atoms with Crippen molar-refractivity contribution in [2.45, 2.75) is 18.9 Å². The molecule has 2 N–H and O–H groups in total. The molecule has 1 aliphatic rings. The SMILES string of the molecule is NN1CCCC1c1cccs1. The molecule has 0 amide bonds. The van der Waals surface area contributed by atoms with Gasteiger partial charge < -0.3 is 0 Å². The molecule has 0 aromatic carbocycles. The summed E-state index contributed by atoms with van der Waals surface area (Å²) in [5.74, 6) is 5.81. The predicted molar refractivity (Wildman–Crippen MR) is 47.2 cm³/mol. The zero-order valence-corrected chi connectivity index (χ0v) is 7.18. The first kappa shape index (κ1) is 7.28. The Morgan fingerprint density at radius 1 is 1.64 bits per heavy atom. The molecule has 0 spiro atoms. The minimum atomic E-state index is 0.495. The normalized spacial score (nSPS) is 26.1. The van der Waals surface area contributed by atoms with Crippen LogP contribution in [-0.4, -0.2) is 11.6 Å². The van der Waals surface area contributed by atoms with Crippen molar-refractivity contribution in [2.24, 2.45) is 5.84 Å². The highest BCUT2D eigenvalue weighted by molar-refractivity contribution is 7.10. The van der Waals surface area contributed by atoms with Gasteiger partial charge in [0.05, 0.1) is 6.04 Å². The van der Waals surface area contributed by atoms with Gasteiger partial charge in [-0.1, -0.05) is 6.07 Å². The monoisotopic (exact) mass is 168 g/mol. The lowest BCUT2D eigenvalue weighted by Crippen LogP contribution is -2.29. The smallest absolute Gasteiger partial charge is 0.0584 e. The summed E-state index contributed by atoms with van der Waals surface area (Å²) in [5.41, 5.74) is 0. The molecule has 1 aromatic heterocycles. The lowest BCUT2D eigenvalue weighted by molar-refractivity contribution is 0.269. The third-order valence-electron chi connectivity index (χ3n) is 2.17. The van der Waals surface area contributed by atoms with Crippen molar-refractivity contribution < 1.29 is 0 Å². The molecule has 1 unspecified atom stereocenters. The summed E-state index contributed by atoms with van der Waals surface area (Å²) in [7, 11) is 0. The largest absolute Gasteiger partial charge is 0.268 e. The summed E-state index contributed by atoms with van der Waals surface area (Å²) in [6.45, 7) is 1.04. The van der Waals surface area contributed by atoms with Crippen molar-refractivity contribution >= 4 is 11.3 Å². The Balaban J connectivity index is 2.16. The number of hydrogen-bond donors (Lipinski definition) is 1. The molecule has 3 heteroatoms. The molecule has 1 saturated heterocycles. The van der Waals surface area contributed by atoms with E-state index in [0.29, 0.717) is 6.04 Å². The summed E-state index contributed by atoms with van der Waals surface area (Å²) in [6, 6.07) is 4.75. The van der Waals surface area contributed by atoms with Crippen LogP contribution in [0.4, 0.5) is 0 Å². The van der Waals surface area contributed by atoms with E-state index in [1.165, 1.54) is 17.7 Å². The molecule has 2 heterocycles. The van der Waals surface area contributed by atoms with Gasteiger partial charge in [-0.2, -0.15) is 0 Å². The number of thiophene rings is 1. The van der Waals surface area contributed by atoms with Gasteiger partial charge in [-0.15, -0.1) is 11.3 Å². The standard InChI is InChI=1S/C8H12N2S/c9-10-5-1-3-7(10)8-4-2-6-11-8/h2,4,6-7H,1,3,5,9H2. The van der Waals surface area contributed by atoms with E-state index >= 15 is 0 Å². The van der Waals surface area contributed by atoms with Crippen LogP contribution in [0.25, 0.3) is 0 Å². The van der Waals surface area contributed by atoms with E-state index in [1.54, 1.807) is 11.3 Å². The molecule has 2 rings (SSSR count). The predicted octanol–water partition coefficient (Wildman–Crippen LogP) is 1.76. The van der Waals surface area contributed by atoms with Crippen LogP contribution < -0.4 is 5.84 Å². The summed E-state index contributed by atoms with van der Waals surface area (Å²) in [6.07, 6.45) is 2.45. The fraction of sp³-hybridized carbons (Fsp3) is 0.500. The molecule has 0 radical (unpaired) electrons. The summed E-state index contributed by atoms with van der Waals surface area (Å²) < 4.78 is 0. The average molecular weight is 168 g/mol. The van der Waals surface area contributed by atoms with E-state index in [9.17, 15) is 0 Å². The number of rotatable bonds is 1. The van der Waals surface area contributed by atoms with Gasteiger partial charge in [0.15, 0.2) is 0 Å². The Morgan fingerprint density at radius 3 is 3.09 bits per heavy atom. The highest BCUT2D eigenvalue weighted by atomic mass is 32.1. The average Bonchev–Trinajstić information content (AvgIpc) is 2.55.